The van der Waals surface area contributed by atoms with E-state index in [9.17, 15) is 0 Å². The van der Waals surface area contributed by atoms with Crippen molar-refractivity contribution in [1.82, 2.24) is 5.32 Å². The Bertz CT molecular complexity index is 407. The zero-order valence-electron chi connectivity index (χ0n) is 11.9. The van der Waals surface area contributed by atoms with Gasteiger partial charge < -0.3 is 11.1 Å². The van der Waals surface area contributed by atoms with Crippen molar-refractivity contribution in [1.29, 1.82) is 0 Å². The maximum Gasteiger partial charge on any atom is 0.0333 e. The van der Waals surface area contributed by atoms with Gasteiger partial charge in [-0.1, -0.05) is 37.3 Å². The molecular weight excluding hydrogens is 232 g/mol. The molecule has 1 aromatic carbocycles. The molecule has 0 radical (unpaired) electrons. The van der Waals surface area contributed by atoms with Crippen LogP contribution in [0.15, 0.2) is 30.3 Å². The van der Waals surface area contributed by atoms with Crippen LogP contribution in [0.4, 0.5) is 0 Å². The van der Waals surface area contributed by atoms with Gasteiger partial charge >= 0.3 is 0 Å². The minimum Gasteiger partial charge on any atom is -0.324 e. The Morgan fingerprint density at radius 3 is 2.53 bits per heavy atom. The van der Waals surface area contributed by atoms with Gasteiger partial charge in [-0.25, -0.2) is 0 Å². The lowest BCUT2D eigenvalue weighted by atomic mass is 9.94. The maximum atomic E-state index is 6.34. The first-order valence-corrected chi connectivity index (χ1v) is 7.72. The van der Waals surface area contributed by atoms with Crippen molar-refractivity contribution in [3.8, 4) is 0 Å². The standard InChI is InChI=1S/C17H26N2/c1-13(16(18)14-5-3-2-4-6-14)11-19-12-17(9-10-17)15-7-8-15/h2-6,13,15-16,19H,7-12,18H2,1H3. The highest BCUT2D eigenvalue weighted by molar-refractivity contribution is 5.19. The third-order valence-corrected chi connectivity index (χ3v) is 5.08. The highest BCUT2D eigenvalue weighted by atomic mass is 14.9. The van der Waals surface area contributed by atoms with E-state index in [1.165, 1.54) is 37.8 Å². The van der Waals surface area contributed by atoms with Gasteiger partial charge in [0.05, 0.1) is 0 Å². The summed E-state index contributed by atoms with van der Waals surface area (Å²) in [5, 5.41) is 3.68. The van der Waals surface area contributed by atoms with Crippen molar-refractivity contribution in [3.05, 3.63) is 35.9 Å². The van der Waals surface area contributed by atoms with Crippen LogP contribution in [-0.4, -0.2) is 13.1 Å². The summed E-state index contributed by atoms with van der Waals surface area (Å²) in [6, 6.07) is 10.6. The SMILES string of the molecule is CC(CNCC1(C2CC2)CC1)C(N)c1ccccc1. The fraction of sp³-hybridized carbons (Fsp3) is 0.647. The van der Waals surface area contributed by atoms with E-state index in [1.807, 2.05) is 6.07 Å². The van der Waals surface area contributed by atoms with Gasteiger partial charge in [-0.05, 0) is 55.0 Å². The molecule has 2 atom stereocenters. The van der Waals surface area contributed by atoms with Crippen molar-refractivity contribution in [2.45, 2.75) is 38.6 Å². The molecule has 3 rings (SSSR count). The zero-order valence-corrected chi connectivity index (χ0v) is 11.9. The van der Waals surface area contributed by atoms with E-state index >= 15 is 0 Å². The maximum absolute atomic E-state index is 6.34. The third kappa shape index (κ3) is 3.01. The van der Waals surface area contributed by atoms with Gasteiger partial charge in [0, 0.05) is 12.6 Å². The largest absolute Gasteiger partial charge is 0.324 e. The van der Waals surface area contributed by atoms with Crippen molar-refractivity contribution >= 4 is 0 Å². The van der Waals surface area contributed by atoms with Crippen LogP contribution in [0, 0.1) is 17.3 Å². The topological polar surface area (TPSA) is 38.0 Å². The molecule has 19 heavy (non-hydrogen) atoms. The van der Waals surface area contributed by atoms with Crippen molar-refractivity contribution in [3.63, 3.8) is 0 Å². The summed E-state index contributed by atoms with van der Waals surface area (Å²) < 4.78 is 0. The van der Waals surface area contributed by atoms with E-state index in [-0.39, 0.29) is 6.04 Å². The fourth-order valence-electron chi connectivity index (χ4n) is 3.27. The van der Waals surface area contributed by atoms with Crippen LogP contribution in [0.2, 0.25) is 0 Å². The highest BCUT2D eigenvalue weighted by Crippen LogP contribution is 2.60. The normalized spacial score (nSPS) is 23.9. The Morgan fingerprint density at radius 2 is 1.95 bits per heavy atom. The molecule has 2 aliphatic rings. The van der Waals surface area contributed by atoms with Crippen LogP contribution in [0.25, 0.3) is 0 Å². The van der Waals surface area contributed by atoms with Crippen LogP contribution >= 0.6 is 0 Å². The fourth-order valence-corrected chi connectivity index (χ4v) is 3.27. The average molecular weight is 258 g/mol. The van der Waals surface area contributed by atoms with Gasteiger partial charge in [0.25, 0.3) is 0 Å². The van der Waals surface area contributed by atoms with Crippen molar-refractivity contribution < 1.29 is 0 Å². The molecule has 2 aliphatic carbocycles. The van der Waals surface area contributed by atoms with Crippen LogP contribution in [-0.2, 0) is 0 Å². The second-order valence-corrected chi connectivity index (χ2v) is 6.68. The van der Waals surface area contributed by atoms with E-state index in [2.05, 4.69) is 36.5 Å². The minimum atomic E-state index is 0.143. The molecule has 2 saturated carbocycles. The van der Waals surface area contributed by atoms with Gasteiger partial charge in [0.15, 0.2) is 0 Å². The van der Waals surface area contributed by atoms with Gasteiger partial charge in [-0.2, -0.15) is 0 Å². The smallest absolute Gasteiger partial charge is 0.0333 e. The lowest BCUT2D eigenvalue weighted by molar-refractivity contribution is 0.365. The van der Waals surface area contributed by atoms with Gasteiger partial charge in [0.2, 0.25) is 0 Å². The lowest BCUT2D eigenvalue weighted by Gasteiger charge is -2.22. The summed E-state index contributed by atoms with van der Waals surface area (Å²) in [6.07, 6.45) is 5.84. The number of nitrogens with two attached hydrogens (primary N) is 1. The zero-order chi connectivity index (χ0) is 13.3. The minimum absolute atomic E-state index is 0.143. The summed E-state index contributed by atoms with van der Waals surface area (Å²) in [5.41, 5.74) is 8.28. The van der Waals surface area contributed by atoms with Crippen LogP contribution in [0.3, 0.4) is 0 Å². The Morgan fingerprint density at radius 1 is 1.26 bits per heavy atom. The first kappa shape index (κ1) is 13.1. The molecule has 0 saturated heterocycles. The van der Waals surface area contributed by atoms with Crippen LogP contribution in [0.5, 0.6) is 0 Å². The first-order chi connectivity index (χ1) is 9.21. The average Bonchev–Trinajstić information content (AvgIpc) is 3.30. The second-order valence-electron chi connectivity index (χ2n) is 6.68. The molecule has 0 aromatic heterocycles. The van der Waals surface area contributed by atoms with Gasteiger partial charge in [-0.3, -0.25) is 0 Å². The third-order valence-electron chi connectivity index (χ3n) is 5.08. The van der Waals surface area contributed by atoms with Gasteiger partial charge in [0.1, 0.15) is 0 Å². The molecule has 2 heteroatoms. The number of benzene rings is 1. The van der Waals surface area contributed by atoms with Crippen LogP contribution < -0.4 is 11.1 Å². The molecule has 2 fully saturated rings. The number of rotatable bonds is 7. The monoisotopic (exact) mass is 258 g/mol. The molecule has 2 unspecified atom stereocenters. The predicted octanol–water partition coefficient (Wildman–Crippen LogP) is 3.10. The van der Waals surface area contributed by atoms with E-state index in [0.717, 1.165) is 12.5 Å². The quantitative estimate of drug-likeness (QED) is 0.788. The highest BCUT2D eigenvalue weighted by Gasteiger charge is 2.53. The molecular formula is C17H26N2. The van der Waals surface area contributed by atoms with Crippen molar-refractivity contribution in [2.24, 2.45) is 23.0 Å². The molecule has 2 nitrogen and oxygen atoms in total. The number of nitrogens with one attached hydrogen (secondary N) is 1. The Balaban J connectivity index is 1.45. The summed E-state index contributed by atoms with van der Waals surface area (Å²) in [5.74, 6) is 1.52. The van der Waals surface area contributed by atoms with E-state index in [1.54, 1.807) is 0 Å². The van der Waals surface area contributed by atoms with E-state index < -0.39 is 0 Å². The Kier molecular flexibility index (Phi) is 3.64. The second kappa shape index (κ2) is 5.26. The van der Waals surface area contributed by atoms with E-state index in [0.29, 0.717) is 11.3 Å². The summed E-state index contributed by atoms with van der Waals surface area (Å²) >= 11 is 0. The van der Waals surface area contributed by atoms with Crippen LogP contribution in [0.1, 0.15) is 44.2 Å². The van der Waals surface area contributed by atoms with Crippen molar-refractivity contribution in [2.75, 3.05) is 13.1 Å². The van der Waals surface area contributed by atoms with Gasteiger partial charge in [-0.15, -0.1) is 0 Å². The summed E-state index contributed by atoms with van der Waals surface area (Å²) in [4.78, 5) is 0. The lowest BCUT2D eigenvalue weighted by Crippen LogP contribution is -2.33. The molecule has 0 heterocycles. The van der Waals surface area contributed by atoms with E-state index in [4.69, 9.17) is 5.73 Å². The molecule has 3 N–H and O–H groups in total. The molecule has 0 amide bonds. The molecule has 0 spiro atoms. The number of hydrogen-bond acceptors (Lipinski definition) is 2. The predicted molar refractivity (Wildman–Crippen MR) is 79.8 cm³/mol. The molecule has 1 aromatic rings. The molecule has 104 valence electrons. The molecule has 0 aliphatic heterocycles. The Hall–Kier alpha value is -0.860. The Labute approximate surface area is 116 Å². The summed E-state index contributed by atoms with van der Waals surface area (Å²) in [6.45, 7) is 4.50. The molecule has 0 bridgehead atoms. The number of hydrogen-bond donors (Lipinski definition) is 2. The first-order valence-electron chi connectivity index (χ1n) is 7.72. The summed E-state index contributed by atoms with van der Waals surface area (Å²) in [7, 11) is 0.